The Balaban J connectivity index is 0.00000225. The van der Waals surface area contributed by atoms with E-state index >= 15 is 0 Å². The SMILES string of the molecule is CCc1ccc(S(=O)[O-])c(C(=O)OC)c1.[Na+]. The van der Waals surface area contributed by atoms with Crippen LogP contribution >= 0.6 is 0 Å². The van der Waals surface area contributed by atoms with E-state index in [0.29, 0.717) is 0 Å². The molecule has 1 aromatic carbocycles. The minimum atomic E-state index is -2.42. The molecule has 16 heavy (non-hydrogen) atoms. The van der Waals surface area contributed by atoms with Gasteiger partial charge in [-0.15, -0.1) is 0 Å². The number of hydrogen-bond donors (Lipinski definition) is 0. The Bertz CT molecular complexity index is 406. The molecule has 0 aliphatic rings. The zero-order chi connectivity index (χ0) is 11.4. The molecule has 6 heteroatoms. The number of benzene rings is 1. The van der Waals surface area contributed by atoms with Gasteiger partial charge in [0.05, 0.1) is 12.7 Å². The molecule has 0 aliphatic heterocycles. The van der Waals surface area contributed by atoms with Crippen LogP contribution in [0.3, 0.4) is 0 Å². The first-order chi connectivity index (χ1) is 7.10. The van der Waals surface area contributed by atoms with Gasteiger partial charge in [0.2, 0.25) is 0 Å². The van der Waals surface area contributed by atoms with Gasteiger partial charge >= 0.3 is 35.5 Å². The van der Waals surface area contributed by atoms with Gasteiger partial charge < -0.3 is 9.29 Å². The zero-order valence-electron chi connectivity index (χ0n) is 9.48. The van der Waals surface area contributed by atoms with E-state index in [-0.39, 0.29) is 40.0 Å². The molecule has 82 valence electrons. The van der Waals surface area contributed by atoms with Crippen LogP contribution in [-0.4, -0.2) is 21.8 Å². The van der Waals surface area contributed by atoms with Crippen LogP contribution in [0.2, 0.25) is 0 Å². The van der Waals surface area contributed by atoms with Crippen molar-refractivity contribution in [1.29, 1.82) is 0 Å². The van der Waals surface area contributed by atoms with E-state index in [1.807, 2.05) is 6.92 Å². The van der Waals surface area contributed by atoms with Gasteiger partial charge in [-0.1, -0.05) is 13.0 Å². The van der Waals surface area contributed by atoms with Crippen molar-refractivity contribution in [2.75, 3.05) is 7.11 Å². The Morgan fingerprint density at radius 1 is 1.50 bits per heavy atom. The van der Waals surface area contributed by atoms with Crippen molar-refractivity contribution in [3.63, 3.8) is 0 Å². The van der Waals surface area contributed by atoms with Gasteiger partial charge in [-0.05, 0) is 35.2 Å². The Labute approximate surface area is 119 Å². The van der Waals surface area contributed by atoms with Gasteiger partial charge in [0, 0.05) is 4.90 Å². The maximum absolute atomic E-state index is 11.3. The standard InChI is InChI=1S/C10H12O4S.Na/c1-3-7-4-5-9(15(12)13)8(6-7)10(11)14-2;/h4-6H,3H2,1-2H3,(H,12,13);/q;+1/p-1. The summed E-state index contributed by atoms with van der Waals surface area (Å²) in [5, 5.41) is 0. The fourth-order valence-corrected chi connectivity index (χ4v) is 1.71. The van der Waals surface area contributed by atoms with Crippen LogP contribution in [0.5, 0.6) is 0 Å². The molecule has 0 aliphatic carbocycles. The third kappa shape index (κ3) is 3.68. The molecule has 0 heterocycles. The summed E-state index contributed by atoms with van der Waals surface area (Å²) in [5.74, 6) is -0.635. The van der Waals surface area contributed by atoms with Crippen molar-refractivity contribution in [3.8, 4) is 0 Å². The number of hydrogen-bond acceptors (Lipinski definition) is 4. The quantitative estimate of drug-likeness (QED) is 0.363. The molecular formula is C10H11NaO4S. The van der Waals surface area contributed by atoms with Crippen LogP contribution in [0.15, 0.2) is 23.1 Å². The smallest absolute Gasteiger partial charge is 0.768 e. The summed E-state index contributed by atoms with van der Waals surface area (Å²) < 4.78 is 26.2. The number of carbonyl (C=O) groups excluding carboxylic acids is 1. The third-order valence-electron chi connectivity index (χ3n) is 2.04. The molecule has 1 unspecified atom stereocenters. The molecule has 0 spiro atoms. The molecule has 0 saturated carbocycles. The fraction of sp³-hybridized carbons (Fsp3) is 0.300. The first-order valence-electron chi connectivity index (χ1n) is 4.40. The van der Waals surface area contributed by atoms with E-state index in [9.17, 15) is 13.6 Å². The average Bonchev–Trinajstić information content (AvgIpc) is 2.26. The molecular weight excluding hydrogens is 239 g/mol. The molecule has 0 radical (unpaired) electrons. The van der Waals surface area contributed by atoms with Crippen molar-refractivity contribution in [2.24, 2.45) is 0 Å². The summed E-state index contributed by atoms with van der Waals surface area (Å²) in [5.41, 5.74) is 0.981. The van der Waals surface area contributed by atoms with Gasteiger partial charge in [0.25, 0.3) is 0 Å². The number of rotatable bonds is 3. The van der Waals surface area contributed by atoms with Gasteiger partial charge in [-0.3, -0.25) is 4.21 Å². The van der Waals surface area contributed by atoms with Crippen molar-refractivity contribution in [3.05, 3.63) is 29.3 Å². The minimum Gasteiger partial charge on any atom is -0.768 e. The normalized spacial score (nSPS) is 11.4. The topological polar surface area (TPSA) is 66.4 Å². The Morgan fingerprint density at radius 2 is 2.12 bits per heavy atom. The number of ether oxygens (including phenoxy) is 1. The molecule has 0 bridgehead atoms. The zero-order valence-corrected chi connectivity index (χ0v) is 12.3. The second kappa shape index (κ2) is 7.19. The Hall–Kier alpha value is -0.200. The largest absolute Gasteiger partial charge is 1.00 e. The van der Waals surface area contributed by atoms with Gasteiger partial charge in [0.1, 0.15) is 0 Å². The van der Waals surface area contributed by atoms with Crippen molar-refractivity contribution >= 4 is 17.0 Å². The molecule has 4 nitrogen and oxygen atoms in total. The summed E-state index contributed by atoms with van der Waals surface area (Å²) >= 11 is -2.42. The predicted molar refractivity (Wildman–Crippen MR) is 54.3 cm³/mol. The maximum atomic E-state index is 11.3. The van der Waals surface area contributed by atoms with E-state index in [0.717, 1.165) is 12.0 Å². The van der Waals surface area contributed by atoms with Crippen LogP contribution < -0.4 is 29.6 Å². The maximum Gasteiger partial charge on any atom is 1.00 e. The second-order valence-corrected chi connectivity index (χ2v) is 3.82. The molecule has 0 fully saturated rings. The number of esters is 1. The Morgan fingerprint density at radius 3 is 2.56 bits per heavy atom. The summed E-state index contributed by atoms with van der Waals surface area (Å²) in [6, 6.07) is 4.63. The van der Waals surface area contributed by atoms with E-state index in [4.69, 9.17) is 0 Å². The van der Waals surface area contributed by atoms with Crippen molar-refractivity contribution < 1.29 is 47.9 Å². The second-order valence-electron chi connectivity index (χ2n) is 2.91. The number of methoxy groups -OCH3 is 1. The van der Waals surface area contributed by atoms with Crippen LogP contribution in [0, 0.1) is 0 Å². The molecule has 0 amide bonds. The number of aryl methyl sites for hydroxylation is 1. The molecule has 0 N–H and O–H groups in total. The first-order valence-corrected chi connectivity index (χ1v) is 5.48. The molecule has 1 aromatic rings. The van der Waals surface area contributed by atoms with Gasteiger partial charge in [-0.25, -0.2) is 4.79 Å². The van der Waals surface area contributed by atoms with E-state index < -0.39 is 17.0 Å². The molecule has 0 saturated heterocycles. The van der Waals surface area contributed by atoms with Crippen molar-refractivity contribution in [2.45, 2.75) is 18.2 Å². The summed E-state index contributed by atoms with van der Waals surface area (Å²) in [4.78, 5) is 11.3. The first kappa shape index (κ1) is 15.8. The number of carbonyl (C=O) groups is 1. The van der Waals surface area contributed by atoms with E-state index in [1.54, 1.807) is 6.07 Å². The molecule has 1 atom stereocenters. The van der Waals surface area contributed by atoms with Gasteiger partial charge in [-0.2, -0.15) is 0 Å². The third-order valence-corrected chi connectivity index (χ3v) is 2.75. The summed E-state index contributed by atoms with van der Waals surface area (Å²) in [6.45, 7) is 1.92. The van der Waals surface area contributed by atoms with Gasteiger partial charge in [0.15, 0.2) is 0 Å². The fourth-order valence-electron chi connectivity index (χ4n) is 1.21. The van der Waals surface area contributed by atoms with Crippen LogP contribution in [0.25, 0.3) is 0 Å². The monoisotopic (exact) mass is 250 g/mol. The minimum absolute atomic E-state index is 0. The van der Waals surface area contributed by atoms with Crippen LogP contribution in [0.1, 0.15) is 22.8 Å². The predicted octanol–water partition coefficient (Wildman–Crippen LogP) is -1.72. The average molecular weight is 250 g/mol. The molecule has 1 rings (SSSR count). The van der Waals surface area contributed by atoms with Crippen molar-refractivity contribution in [1.82, 2.24) is 0 Å². The van der Waals surface area contributed by atoms with Crippen LogP contribution in [0.4, 0.5) is 0 Å². The van der Waals surface area contributed by atoms with E-state index in [2.05, 4.69) is 4.74 Å². The molecule has 0 aromatic heterocycles. The van der Waals surface area contributed by atoms with Crippen LogP contribution in [-0.2, 0) is 22.2 Å². The Kier molecular flexibility index (Phi) is 7.10. The summed E-state index contributed by atoms with van der Waals surface area (Å²) in [7, 11) is 1.22. The summed E-state index contributed by atoms with van der Waals surface area (Å²) in [6.07, 6.45) is 0.732. The van der Waals surface area contributed by atoms with E-state index in [1.165, 1.54) is 19.2 Å².